The molecule has 1 aromatic rings. The third-order valence-corrected chi connectivity index (χ3v) is 4.84. The minimum atomic E-state index is -0.244. The molecule has 1 amide bonds. The number of aliphatic hydroxyl groups is 1. The molecule has 0 aliphatic heterocycles. The molecule has 0 aromatic heterocycles. The summed E-state index contributed by atoms with van der Waals surface area (Å²) in [5.41, 5.74) is 3.06. The second kappa shape index (κ2) is 8.98. The van der Waals surface area contributed by atoms with Crippen LogP contribution in [0, 0.1) is 31.1 Å². The van der Waals surface area contributed by atoms with Crippen molar-refractivity contribution in [3.8, 4) is 6.07 Å². The highest BCUT2D eigenvalue weighted by atomic mass is 16.3. The summed E-state index contributed by atoms with van der Waals surface area (Å²) in [4.78, 5) is 16.6. The number of likely N-dealkylation sites (N-methyl/N-ethyl adjacent to an activating group) is 1. The third kappa shape index (κ3) is 5.55. The lowest BCUT2D eigenvalue weighted by atomic mass is 10.1. The second-order valence-corrected chi connectivity index (χ2v) is 7.25. The number of carbonyl (C=O) groups is 1. The van der Waals surface area contributed by atoms with E-state index in [1.165, 1.54) is 0 Å². The van der Waals surface area contributed by atoms with Crippen molar-refractivity contribution in [1.29, 1.82) is 5.26 Å². The molecule has 1 saturated carbocycles. The molecule has 2 rings (SSSR count). The van der Waals surface area contributed by atoms with Crippen LogP contribution in [0.15, 0.2) is 18.2 Å². The summed E-state index contributed by atoms with van der Waals surface area (Å²) in [6.07, 6.45) is 3.01. The molecule has 1 aromatic carbocycles. The van der Waals surface area contributed by atoms with E-state index in [1.807, 2.05) is 37.9 Å². The van der Waals surface area contributed by atoms with E-state index in [2.05, 4.69) is 12.1 Å². The number of hydrogen-bond acceptors (Lipinski definition) is 4. The predicted molar refractivity (Wildman–Crippen MR) is 99.3 cm³/mol. The first-order valence-electron chi connectivity index (χ1n) is 9.03. The Bertz CT molecular complexity index is 618. The number of amides is 1. The number of benzene rings is 1. The van der Waals surface area contributed by atoms with E-state index in [0.717, 1.165) is 42.6 Å². The van der Waals surface area contributed by atoms with Crippen molar-refractivity contribution in [3.63, 3.8) is 0 Å². The van der Waals surface area contributed by atoms with Crippen LogP contribution in [-0.4, -0.2) is 48.7 Å². The van der Waals surface area contributed by atoms with Crippen LogP contribution in [-0.2, 0) is 4.79 Å². The van der Waals surface area contributed by atoms with Gasteiger partial charge in [-0.05, 0) is 62.9 Å². The van der Waals surface area contributed by atoms with E-state index in [-0.39, 0.29) is 17.9 Å². The molecule has 2 atom stereocenters. The van der Waals surface area contributed by atoms with Crippen LogP contribution in [0.5, 0.6) is 0 Å². The van der Waals surface area contributed by atoms with Gasteiger partial charge in [-0.25, -0.2) is 0 Å². The van der Waals surface area contributed by atoms with Crippen molar-refractivity contribution in [2.75, 3.05) is 31.6 Å². The minimum Gasteiger partial charge on any atom is -0.393 e. The van der Waals surface area contributed by atoms with E-state index in [9.17, 15) is 9.90 Å². The van der Waals surface area contributed by atoms with Crippen molar-refractivity contribution in [2.24, 2.45) is 5.92 Å². The van der Waals surface area contributed by atoms with E-state index in [0.29, 0.717) is 19.5 Å². The molecule has 1 N–H and O–H groups in total. The maximum atomic E-state index is 12.9. The van der Waals surface area contributed by atoms with Gasteiger partial charge >= 0.3 is 0 Å². The lowest BCUT2D eigenvalue weighted by Crippen LogP contribution is -2.41. The average Bonchev–Trinajstić information content (AvgIpc) is 2.91. The lowest BCUT2D eigenvalue weighted by molar-refractivity contribution is -0.119. The molecule has 25 heavy (non-hydrogen) atoms. The van der Waals surface area contributed by atoms with Crippen molar-refractivity contribution in [3.05, 3.63) is 29.3 Å². The quantitative estimate of drug-likeness (QED) is 0.826. The zero-order chi connectivity index (χ0) is 18.4. The fourth-order valence-electron chi connectivity index (χ4n) is 3.68. The van der Waals surface area contributed by atoms with Gasteiger partial charge < -0.3 is 10.0 Å². The van der Waals surface area contributed by atoms with Crippen LogP contribution in [0.3, 0.4) is 0 Å². The van der Waals surface area contributed by atoms with Gasteiger partial charge in [-0.1, -0.05) is 12.5 Å². The van der Waals surface area contributed by atoms with Gasteiger partial charge in [-0.3, -0.25) is 9.69 Å². The Labute approximate surface area is 150 Å². The molecule has 0 saturated heterocycles. The highest BCUT2D eigenvalue weighted by Gasteiger charge is 2.27. The van der Waals surface area contributed by atoms with Gasteiger partial charge in [-0.2, -0.15) is 5.26 Å². The van der Waals surface area contributed by atoms with Crippen LogP contribution in [0.25, 0.3) is 0 Å². The smallest absolute Gasteiger partial charge is 0.241 e. The number of aryl methyl sites for hydroxylation is 2. The first kappa shape index (κ1) is 19.4. The fraction of sp³-hybridized carbons (Fsp3) is 0.600. The monoisotopic (exact) mass is 343 g/mol. The molecule has 5 heteroatoms. The maximum Gasteiger partial charge on any atom is 0.241 e. The molecule has 136 valence electrons. The SMILES string of the molecule is Cc1cc(C)cc(N(CCC#N)C(=O)CN(C)CC2CCCC2O)c1. The maximum absolute atomic E-state index is 12.9. The van der Waals surface area contributed by atoms with Gasteiger partial charge in [-0.15, -0.1) is 0 Å². The number of carbonyl (C=O) groups excluding carboxylic acids is 1. The zero-order valence-corrected chi connectivity index (χ0v) is 15.5. The summed E-state index contributed by atoms with van der Waals surface area (Å²) in [7, 11) is 1.92. The molecule has 2 unspecified atom stereocenters. The Kier molecular flexibility index (Phi) is 6.98. The van der Waals surface area contributed by atoms with Gasteiger partial charge in [0.05, 0.1) is 25.1 Å². The normalized spacial score (nSPS) is 19.8. The number of rotatable bonds is 7. The topological polar surface area (TPSA) is 67.6 Å². The molecular formula is C20H29N3O2. The summed E-state index contributed by atoms with van der Waals surface area (Å²) in [6, 6.07) is 8.18. The van der Waals surface area contributed by atoms with E-state index < -0.39 is 0 Å². The van der Waals surface area contributed by atoms with Crippen LogP contribution in [0.2, 0.25) is 0 Å². The fourth-order valence-corrected chi connectivity index (χ4v) is 3.68. The predicted octanol–water partition coefficient (Wildman–Crippen LogP) is 2.64. The molecule has 1 fully saturated rings. The van der Waals surface area contributed by atoms with Crippen LogP contribution in [0.4, 0.5) is 5.69 Å². The summed E-state index contributed by atoms with van der Waals surface area (Å²) in [5, 5.41) is 18.9. The molecule has 1 aliphatic rings. The number of aliphatic hydroxyl groups excluding tert-OH is 1. The summed E-state index contributed by atoms with van der Waals surface area (Å²) >= 11 is 0. The zero-order valence-electron chi connectivity index (χ0n) is 15.5. The van der Waals surface area contributed by atoms with Gasteiger partial charge in [0.1, 0.15) is 0 Å². The van der Waals surface area contributed by atoms with Crippen molar-refractivity contribution in [1.82, 2.24) is 4.90 Å². The van der Waals surface area contributed by atoms with Gasteiger partial charge in [0.2, 0.25) is 5.91 Å². The molecular weight excluding hydrogens is 314 g/mol. The Morgan fingerprint density at radius 3 is 2.52 bits per heavy atom. The molecule has 0 spiro atoms. The minimum absolute atomic E-state index is 0.00441. The third-order valence-electron chi connectivity index (χ3n) is 4.84. The number of nitriles is 1. The standard InChI is InChI=1S/C20H29N3O2/c1-15-10-16(2)12-18(11-15)23(9-5-8-21)20(25)14-22(3)13-17-6-4-7-19(17)24/h10-12,17,19,24H,4-7,9,13-14H2,1-3H3. The van der Waals surface area contributed by atoms with Crippen LogP contribution < -0.4 is 4.90 Å². The summed E-state index contributed by atoms with van der Waals surface area (Å²) in [5.74, 6) is 0.252. The summed E-state index contributed by atoms with van der Waals surface area (Å²) < 4.78 is 0. The van der Waals surface area contributed by atoms with E-state index in [1.54, 1.807) is 4.90 Å². The first-order valence-corrected chi connectivity index (χ1v) is 9.03. The lowest BCUT2D eigenvalue weighted by Gasteiger charge is -2.27. The van der Waals surface area contributed by atoms with Gasteiger partial charge in [0.15, 0.2) is 0 Å². The number of nitrogens with zero attached hydrogens (tertiary/aromatic N) is 3. The van der Waals surface area contributed by atoms with Crippen molar-refractivity contribution >= 4 is 11.6 Å². The van der Waals surface area contributed by atoms with Crippen molar-refractivity contribution < 1.29 is 9.90 Å². The molecule has 5 nitrogen and oxygen atoms in total. The van der Waals surface area contributed by atoms with Gasteiger partial charge in [0.25, 0.3) is 0 Å². The average molecular weight is 343 g/mol. The van der Waals surface area contributed by atoms with Crippen LogP contribution >= 0.6 is 0 Å². The van der Waals surface area contributed by atoms with E-state index >= 15 is 0 Å². The molecule has 1 aliphatic carbocycles. The summed E-state index contributed by atoms with van der Waals surface area (Å²) in [6.45, 7) is 5.44. The Morgan fingerprint density at radius 1 is 1.28 bits per heavy atom. The highest BCUT2D eigenvalue weighted by Crippen LogP contribution is 2.26. The van der Waals surface area contributed by atoms with Crippen molar-refractivity contribution in [2.45, 2.75) is 45.6 Å². The van der Waals surface area contributed by atoms with Crippen LogP contribution in [0.1, 0.15) is 36.8 Å². The Hall–Kier alpha value is -1.90. The Balaban J connectivity index is 2.05. The largest absolute Gasteiger partial charge is 0.393 e. The molecule has 0 radical (unpaired) electrons. The highest BCUT2D eigenvalue weighted by molar-refractivity contribution is 5.95. The van der Waals surface area contributed by atoms with E-state index in [4.69, 9.17) is 5.26 Å². The number of anilines is 1. The first-order chi connectivity index (χ1) is 11.9. The molecule has 0 heterocycles. The molecule has 0 bridgehead atoms. The number of hydrogen-bond donors (Lipinski definition) is 1. The second-order valence-electron chi connectivity index (χ2n) is 7.25. The Morgan fingerprint density at radius 2 is 1.96 bits per heavy atom. The van der Waals surface area contributed by atoms with Gasteiger partial charge in [0, 0.05) is 18.8 Å².